The Labute approximate surface area is 177 Å². The summed E-state index contributed by atoms with van der Waals surface area (Å²) < 4.78 is 20.0. The molecule has 0 saturated heterocycles. The quantitative estimate of drug-likeness (QED) is 0.608. The zero-order chi connectivity index (χ0) is 21.8. The van der Waals surface area contributed by atoms with Crippen LogP contribution in [0.25, 0.3) is 5.69 Å². The van der Waals surface area contributed by atoms with Gasteiger partial charge in [0, 0.05) is 16.3 Å². The van der Waals surface area contributed by atoms with Crippen molar-refractivity contribution in [3.05, 3.63) is 75.8 Å². The van der Waals surface area contributed by atoms with Gasteiger partial charge in [0.1, 0.15) is 11.6 Å². The van der Waals surface area contributed by atoms with Crippen LogP contribution in [0.15, 0.2) is 42.5 Å². The van der Waals surface area contributed by atoms with Crippen LogP contribution in [0.2, 0.25) is 5.02 Å². The summed E-state index contributed by atoms with van der Waals surface area (Å²) in [5, 5.41) is 4.86. The molecule has 1 aromatic heterocycles. The van der Waals surface area contributed by atoms with Gasteiger partial charge in [0.2, 0.25) is 5.91 Å². The van der Waals surface area contributed by atoms with Gasteiger partial charge in [-0.3, -0.25) is 20.4 Å². The maximum Gasteiger partial charge on any atom is 0.273 e. The number of benzene rings is 2. The van der Waals surface area contributed by atoms with Gasteiger partial charge in [-0.05, 0) is 56.3 Å². The minimum atomic E-state index is -0.535. The number of hydrogen-bond acceptors (Lipinski definition) is 4. The fourth-order valence-electron chi connectivity index (χ4n) is 3.02. The second kappa shape index (κ2) is 8.96. The number of aryl methyl sites for hydroxylation is 1. The number of methoxy groups -OCH3 is 1. The maximum atomic E-state index is 13.2. The van der Waals surface area contributed by atoms with Crippen molar-refractivity contribution in [2.75, 3.05) is 7.11 Å². The number of carbonyl (C=O) groups excluding carboxylic acids is 2. The van der Waals surface area contributed by atoms with Crippen molar-refractivity contribution >= 4 is 23.4 Å². The van der Waals surface area contributed by atoms with Gasteiger partial charge in [-0.1, -0.05) is 11.6 Å². The number of nitrogens with zero attached hydrogens (tertiary/aromatic N) is 2. The highest BCUT2D eigenvalue weighted by atomic mass is 35.5. The number of rotatable bonds is 5. The third-order valence-electron chi connectivity index (χ3n) is 4.57. The van der Waals surface area contributed by atoms with Gasteiger partial charge in [0.15, 0.2) is 0 Å². The van der Waals surface area contributed by atoms with E-state index in [1.807, 2.05) is 6.92 Å². The molecule has 3 rings (SSSR count). The summed E-state index contributed by atoms with van der Waals surface area (Å²) in [5.41, 5.74) is 7.81. The first kappa shape index (κ1) is 21.3. The molecule has 156 valence electrons. The molecule has 0 aliphatic heterocycles. The molecule has 2 N–H and O–H groups in total. The second-order valence-electron chi connectivity index (χ2n) is 6.56. The lowest BCUT2D eigenvalue weighted by molar-refractivity contribution is -0.121. The average Bonchev–Trinajstić information content (AvgIpc) is 3.00. The standard InChI is InChI=1S/C21H20ClFN4O3/c1-12-18(13(2)27(26-12)16-7-5-15(23)6-8-16)11-20(28)24-25-21(29)17-9-4-14(22)10-19(17)30-3/h4-10H,11H2,1-3H3,(H,24,28)(H,25,29). The van der Waals surface area contributed by atoms with E-state index < -0.39 is 11.8 Å². The highest BCUT2D eigenvalue weighted by Gasteiger charge is 2.18. The number of carbonyl (C=O) groups is 2. The van der Waals surface area contributed by atoms with Gasteiger partial charge in [-0.2, -0.15) is 5.10 Å². The number of halogens is 2. The summed E-state index contributed by atoms with van der Waals surface area (Å²) in [6, 6.07) is 10.5. The zero-order valence-corrected chi connectivity index (χ0v) is 17.4. The number of nitrogens with one attached hydrogen (secondary N) is 2. The first-order valence-corrected chi connectivity index (χ1v) is 9.41. The molecule has 0 atom stereocenters. The molecule has 0 fully saturated rings. The van der Waals surface area contributed by atoms with Gasteiger partial charge >= 0.3 is 0 Å². The normalized spacial score (nSPS) is 10.6. The fourth-order valence-corrected chi connectivity index (χ4v) is 3.18. The SMILES string of the molecule is COc1cc(Cl)ccc1C(=O)NNC(=O)Cc1c(C)nn(-c2ccc(F)cc2)c1C. The molecule has 0 aliphatic carbocycles. The molecular formula is C21H20ClFN4O3. The van der Waals surface area contributed by atoms with Crippen molar-refractivity contribution < 1.29 is 18.7 Å². The van der Waals surface area contributed by atoms with E-state index >= 15 is 0 Å². The monoisotopic (exact) mass is 430 g/mol. The molecular weight excluding hydrogens is 411 g/mol. The van der Waals surface area contributed by atoms with Crippen LogP contribution in [0.1, 0.15) is 27.3 Å². The molecule has 0 aliphatic rings. The summed E-state index contributed by atoms with van der Waals surface area (Å²) >= 11 is 5.89. The predicted molar refractivity (Wildman–Crippen MR) is 110 cm³/mol. The molecule has 9 heteroatoms. The summed E-state index contributed by atoms with van der Waals surface area (Å²) in [6.07, 6.45) is 0.0108. The molecule has 0 saturated carbocycles. The summed E-state index contributed by atoms with van der Waals surface area (Å²) in [7, 11) is 1.42. The van der Waals surface area contributed by atoms with Gasteiger partial charge in [0.05, 0.1) is 30.5 Å². The number of hydrazine groups is 1. The van der Waals surface area contributed by atoms with Crippen LogP contribution in [0, 0.1) is 19.7 Å². The molecule has 2 aromatic carbocycles. The zero-order valence-electron chi connectivity index (χ0n) is 16.6. The van der Waals surface area contributed by atoms with Crippen molar-refractivity contribution in [1.29, 1.82) is 0 Å². The Bertz CT molecular complexity index is 1100. The minimum Gasteiger partial charge on any atom is -0.496 e. The van der Waals surface area contributed by atoms with Crippen LogP contribution in [0.4, 0.5) is 4.39 Å². The molecule has 0 bridgehead atoms. The van der Waals surface area contributed by atoms with Gasteiger partial charge < -0.3 is 4.74 Å². The second-order valence-corrected chi connectivity index (χ2v) is 7.00. The minimum absolute atomic E-state index is 0.0108. The van der Waals surface area contributed by atoms with Crippen molar-refractivity contribution in [3.63, 3.8) is 0 Å². The molecule has 3 aromatic rings. The van der Waals surface area contributed by atoms with Crippen LogP contribution in [0.3, 0.4) is 0 Å². The maximum absolute atomic E-state index is 13.2. The highest BCUT2D eigenvalue weighted by Crippen LogP contribution is 2.23. The van der Waals surface area contributed by atoms with E-state index in [0.717, 1.165) is 11.3 Å². The van der Waals surface area contributed by atoms with E-state index in [-0.39, 0.29) is 17.8 Å². The molecule has 7 nitrogen and oxygen atoms in total. The van der Waals surface area contributed by atoms with E-state index in [9.17, 15) is 14.0 Å². The molecule has 30 heavy (non-hydrogen) atoms. The molecule has 2 amide bonds. The first-order valence-electron chi connectivity index (χ1n) is 9.04. The lowest BCUT2D eigenvalue weighted by atomic mass is 10.1. The summed E-state index contributed by atoms with van der Waals surface area (Å²) in [6.45, 7) is 3.61. The third-order valence-corrected chi connectivity index (χ3v) is 4.81. The van der Waals surface area contributed by atoms with Crippen molar-refractivity contribution in [1.82, 2.24) is 20.6 Å². The molecule has 0 radical (unpaired) electrons. The smallest absolute Gasteiger partial charge is 0.273 e. The molecule has 0 unspecified atom stereocenters. The lowest BCUT2D eigenvalue weighted by Crippen LogP contribution is -2.42. The third kappa shape index (κ3) is 4.60. The van der Waals surface area contributed by atoms with E-state index in [0.29, 0.717) is 22.2 Å². The largest absolute Gasteiger partial charge is 0.496 e. The fraction of sp³-hybridized carbons (Fsp3) is 0.190. The highest BCUT2D eigenvalue weighted by molar-refractivity contribution is 6.30. The van der Waals surface area contributed by atoms with Gasteiger partial charge in [-0.15, -0.1) is 0 Å². The van der Waals surface area contributed by atoms with E-state index in [1.54, 1.807) is 29.8 Å². The average molecular weight is 431 g/mol. The Morgan fingerprint density at radius 1 is 1.13 bits per heavy atom. The Morgan fingerprint density at radius 3 is 2.50 bits per heavy atom. The van der Waals surface area contributed by atoms with Crippen LogP contribution >= 0.6 is 11.6 Å². The number of hydrogen-bond donors (Lipinski definition) is 2. The van der Waals surface area contributed by atoms with E-state index in [4.69, 9.17) is 16.3 Å². The van der Waals surface area contributed by atoms with Crippen LogP contribution in [0.5, 0.6) is 5.75 Å². The Hall–Kier alpha value is -3.39. The van der Waals surface area contributed by atoms with Gasteiger partial charge in [0.25, 0.3) is 5.91 Å². The number of aromatic nitrogens is 2. The van der Waals surface area contributed by atoms with Crippen LogP contribution in [-0.2, 0) is 11.2 Å². The molecule has 1 heterocycles. The van der Waals surface area contributed by atoms with Crippen LogP contribution in [-0.4, -0.2) is 28.7 Å². The van der Waals surface area contributed by atoms with Crippen molar-refractivity contribution in [3.8, 4) is 11.4 Å². The summed E-state index contributed by atoms with van der Waals surface area (Å²) in [5.74, 6) is -0.997. The Morgan fingerprint density at radius 2 is 1.83 bits per heavy atom. The first-order chi connectivity index (χ1) is 14.3. The summed E-state index contributed by atoms with van der Waals surface area (Å²) in [4.78, 5) is 24.7. The lowest BCUT2D eigenvalue weighted by Gasteiger charge is -2.11. The number of ether oxygens (including phenoxy) is 1. The topological polar surface area (TPSA) is 85.2 Å². The van der Waals surface area contributed by atoms with E-state index in [1.165, 1.54) is 31.4 Å². The van der Waals surface area contributed by atoms with Crippen molar-refractivity contribution in [2.24, 2.45) is 0 Å². The predicted octanol–water partition coefficient (Wildman–Crippen LogP) is 3.29. The Kier molecular flexibility index (Phi) is 6.37. The molecule has 0 spiro atoms. The number of amides is 2. The van der Waals surface area contributed by atoms with Crippen molar-refractivity contribution in [2.45, 2.75) is 20.3 Å². The van der Waals surface area contributed by atoms with E-state index in [2.05, 4.69) is 16.0 Å². The van der Waals surface area contributed by atoms with Gasteiger partial charge in [-0.25, -0.2) is 9.07 Å². The van der Waals surface area contributed by atoms with Crippen LogP contribution < -0.4 is 15.6 Å². The Balaban J connectivity index is 1.68.